The molecule has 1 nitrogen and oxygen atoms in total. The largest absolute Gasteiger partial charge is 0.292 e. The van der Waals surface area contributed by atoms with Crippen molar-refractivity contribution in [2.45, 2.75) is 5.25 Å². The second-order valence-electron chi connectivity index (χ2n) is 1.97. The molecule has 0 spiro atoms. The second kappa shape index (κ2) is 3.51. The van der Waals surface area contributed by atoms with Crippen molar-refractivity contribution in [3.8, 4) is 0 Å². The number of hydrogen-bond acceptors (Lipinski definition) is 5. The Kier molecular flexibility index (Phi) is 3.08. The van der Waals surface area contributed by atoms with Crippen molar-refractivity contribution in [1.29, 1.82) is 0 Å². The second-order valence-corrected chi connectivity index (χ2v) is 3.87. The summed E-state index contributed by atoms with van der Waals surface area (Å²) in [6.45, 7) is 0. The fraction of sp³-hybridized carbons (Fsp3) is 0.167. The molecule has 0 heterocycles. The summed E-state index contributed by atoms with van der Waals surface area (Å²) in [4.78, 5) is 12.5. The molecule has 1 unspecified atom stereocenters. The van der Waals surface area contributed by atoms with E-state index in [2.05, 4.69) is 56.6 Å². The highest BCUT2D eigenvalue weighted by atomic mass is 32.1. The molecule has 0 amide bonds. The Bertz CT molecular complexity index is 266. The molecule has 5 heteroatoms. The number of thiol groups is 4. The summed E-state index contributed by atoms with van der Waals surface area (Å²) in [6, 6.07) is 0. The molecule has 1 aliphatic rings. The summed E-state index contributed by atoms with van der Waals surface area (Å²) >= 11 is 16.1. The third kappa shape index (κ3) is 1.83. The summed E-state index contributed by atoms with van der Waals surface area (Å²) in [5.41, 5.74) is 0. The van der Waals surface area contributed by atoms with E-state index in [0.29, 0.717) is 14.7 Å². The molecule has 0 aromatic rings. The van der Waals surface area contributed by atoms with Crippen molar-refractivity contribution in [3.05, 3.63) is 20.8 Å². The normalized spacial score (nSPS) is 25.6. The molecule has 0 aliphatic heterocycles. The van der Waals surface area contributed by atoms with Crippen LogP contribution in [0.3, 0.4) is 0 Å². The van der Waals surface area contributed by atoms with Gasteiger partial charge < -0.3 is 0 Å². The molecular weight excluding hydrogens is 216 g/mol. The quantitative estimate of drug-likeness (QED) is 0.457. The van der Waals surface area contributed by atoms with Gasteiger partial charge in [0.2, 0.25) is 0 Å². The van der Waals surface area contributed by atoms with Crippen LogP contribution in [0.2, 0.25) is 0 Å². The Balaban J connectivity index is 3.12. The predicted molar refractivity (Wildman–Crippen MR) is 58.5 cm³/mol. The van der Waals surface area contributed by atoms with E-state index in [0.717, 1.165) is 0 Å². The zero-order valence-electron chi connectivity index (χ0n) is 5.27. The lowest BCUT2D eigenvalue weighted by Gasteiger charge is -2.15. The minimum Gasteiger partial charge on any atom is -0.292 e. The number of allylic oxidation sites excluding steroid dienone is 1. The molecule has 0 aromatic heterocycles. The van der Waals surface area contributed by atoms with Gasteiger partial charge in [0.1, 0.15) is 0 Å². The van der Waals surface area contributed by atoms with E-state index in [4.69, 9.17) is 0 Å². The molecule has 0 aromatic carbocycles. The van der Waals surface area contributed by atoms with Crippen LogP contribution >= 0.6 is 50.5 Å². The van der Waals surface area contributed by atoms with Crippen molar-refractivity contribution >= 4 is 56.3 Å². The predicted octanol–water partition coefficient (Wildman–Crippen LogP) is 1.56. The Labute approximate surface area is 87.0 Å². The van der Waals surface area contributed by atoms with Gasteiger partial charge in [-0.15, -0.1) is 37.9 Å². The minimum absolute atomic E-state index is 0.221. The van der Waals surface area contributed by atoms with Crippen LogP contribution in [0, 0.1) is 6.08 Å². The first kappa shape index (κ1) is 9.64. The Morgan fingerprint density at radius 3 is 2.36 bits per heavy atom. The SMILES string of the molecule is O=C1[C]=C(S)C(S)=C(S)C1S. The van der Waals surface area contributed by atoms with Crippen molar-refractivity contribution in [3.63, 3.8) is 0 Å². The van der Waals surface area contributed by atoms with Gasteiger partial charge in [-0.1, -0.05) is 0 Å². The van der Waals surface area contributed by atoms with Crippen LogP contribution in [0.25, 0.3) is 0 Å². The van der Waals surface area contributed by atoms with Gasteiger partial charge in [0.05, 0.1) is 5.25 Å². The van der Waals surface area contributed by atoms with E-state index in [1.165, 1.54) is 0 Å². The maximum absolute atomic E-state index is 11.0. The van der Waals surface area contributed by atoms with Gasteiger partial charge in [0.15, 0.2) is 5.78 Å². The minimum atomic E-state index is -0.526. The first-order valence-corrected chi connectivity index (χ1v) is 4.57. The molecule has 0 bridgehead atoms. The highest BCUT2D eigenvalue weighted by Gasteiger charge is 2.23. The molecular formula is C6H5OS4. The molecule has 1 aliphatic carbocycles. The molecule has 59 valence electrons. The highest BCUT2D eigenvalue weighted by Crippen LogP contribution is 2.32. The van der Waals surface area contributed by atoms with Crippen molar-refractivity contribution in [2.24, 2.45) is 0 Å². The maximum Gasteiger partial charge on any atom is 0.182 e. The van der Waals surface area contributed by atoms with Crippen LogP contribution in [0.1, 0.15) is 0 Å². The Morgan fingerprint density at radius 1 is 1.27 bits per heavy atom. The van der Waals surface area contributed by atoms with E-state index in [9.17, 15) is 4.79 Å². The smallest absolute Gasteiger partial charge is 0.182 e. The van der Waals surface area contributed by atoms with Crippen LogP contribution in [-0.2, 0) is 4.79 Å². The average Bonchev–Trinajstić information content (AvgIpc) is 1.97. The first-order valence-electron chi connectivity index (χ1n) is 2.71. The zero-order chi connectivity index (χ0) is 8.59. The van der Waals surface area contributed by atoms with Crippen LogP contribution < -0.4 is 0 Å². The van der Waals surface area contributed by atoms with Gasteiger partial charge in [-0.05, 0) is 0 Å². The van der Waals surface area contributed by atoms with Crippen LogP contribution in [0.4, 0.5) is 0 Å². The average molecular weight is 221 g/mol. The van der Waals surface area contributed by atoms with E-state index in [1.54, 1.807) is 0 Å². The number of rotatable bonds is 0. The lowest BCUT2D eigenvalue weighted by Crippen LogP contribution is -2.17. The molecule has 11 heavy (non-hydrogen) atoms. The van der Waals surface area contributed by atoms with Gasteiger partial charge in [-0.3, -0.25) is 4.79 Å². The van der Waals surface area contributed by atoms with E-state index >= 15 is 0 Å². The Morgan fingerprint density at radius 2 is 1.82 bits per heavy atom. The summed E-state index contributed by atoms with van der Waals surface area (Å²) in [7, 11) is 0. The fourth-order valence-electron chi connectivity index (χ4n) is 0.619. The summed E-state index contributed by atoms with van der Waals surface area (Å²) < 4.78 is 0. The van der Waals surface area contributed by atoms with Gasteiger partial charge in [-0.2, -0.15) is 12.6 Å². The molecule has 1 rings (SSSR count). The topological polar surface area (TPSA) is 17.1 Å². The lowest BCUT2D eigenvalue weighted by atomic mass is 10.1. The molecule has 0 saturated carbocycles. The molecule has 1 atom stereocenters. The molecule has 1 radical (unpaired) electrons. The van der Waals surface area contributed by atoms with Crippen LogP contribution in [-0.4, -0.2) is 11.0 Å². The number of hydrogen-bond donors (Lipinski definition) is 4. The molecule has 0 saturated heterocycles. The first-order chi connectivity index (χ1) is 5.04. The maximum atomic E-state index is 11.0. The molecule has 0 fully saturated rings. The van der Waals surface area contributed by atoms with Crippen LogP contribution in [0.15, 0.2) is 14.7 Å². The van der Waals surface area contributed by atoms with Gasteiger partial charge in [0.25, 0.3) is 0 Å². The van der Waals surface area contributed by atoms with Gasteiger partial charge >= 0.3 is 0 Å². The fourth-order valence-corrected chi connectivity index (χ4v) is 1.65. The lowest BCUT2D eigenvalue weighted by molar-refractivity contribution is -0.114. The third-order valence-corrected chi connectivity index (χ3v) is 3.55. The monoisotopic (exact) mass is 221 g/mol. The number of carbonyl (C=O) groups excluding carboxylic acids is 1. The Hall–Kier alpha value is 0.550. The van der Waals surface area contributed by atoms with Crippen LogP contribution in [0.5, 0.6) is 0 Å². The van der Waals surface area contributed by atoms with Gasteiger partial charge in [0, 0.05) is 20.8 Å². The summed E-state index contributed by atoms with van der Waals surface area (Å²) in [5.74, 6) is -0.221. The summed E-state index contributed by atoms with van der Waals surface area (Å²) in [5, 5.41) is -0.526. The highest BCUT2D eigenvalue weighted by molar-refractivity contribution is 7.93. The number of Topliss-reactive ketones (excluding diaryl/α,β-unsaturated/α-hetero) is 1. The standard InChI is InChI=1S/C6H5OS4/c7-2-1-3(8)5(10)6(11)4(2)9/h4,8-11H. The van der Waals surface area contributed by atoms with Gasteiger partial charge in [-0.25, -0.2) is 0 Å². The van der Waals surface area contributed by atoms with Crippen molar-refractivity contribution < 1.29 is 4.79 Å². The number of ketones is 1. The van der Waals surface area contributed by atoms with E-state index in [1.807, 2.05) is 0 Å². The van der Waals surface area contributed by atoms with Crippen molar-refractivity contribution in [1.82, 2.24) is 0 Å². The zero-order valence-corrected chi connectivity index (χ0v) is 8.85. The van der Waals surface area contributed by atoms with Crippen molar-refractivity contribution in [2.75, 3.05) is 0 Å². The third-order valence-electron chi connectivity index (χ3n) is 1.22. The number of carbonyl (C=O) groups is 1. The summed E-state index contributed by atoms with van der Waals surface area (Å²) in [6.07, 6.45) is 2.49. The molecule has 0 N–H and O–H groups in total. The van der Waals surface area contributed by atoms with E-state index in [-0.39, 0.29) is 5.78 Å². The van der Waals surface area contributed by atoms with E-state index < -0.39 is 5.25 Å².